The van der Waals surface area contributed by atoms with Crippen LogP contribution in [-0.2, 0) is 10.0 Å². The van der Waals surface area contributed by atoms with Crippen molar-refractivity contribution < 1.29 is 21.6 Å². The first kappa shape index (κ1) is 11.4. The van der Waals surface area contributed by atoms with Gasteiger partial charge in [-0.25, -0.2) is 26.3 Å². The first-order chi connectivity index (χ1) is 7.42. The second-order valence-electron chi connectivity index (χ2n) is 3.57. The Morgan fingerprint density at radius 1 is 1.12 bits per heavy atom. The molecule has 1 N–H and O–H groups in total. The predicted octanol–water partition coefficient (Wildman–Crippen LogP) is 1.54. The fourth-order valence-electron chi connectivity index (χ4n) is 1.20. The van der Waals surface area contributed by atoms with Crippen LogP contribution < -0.4 is 4.72 Å². The van der Waals surface area contributed by atoms with Crippen LogP contribution in [-0.4, -0.2) is 14.5 Å². The lowest BCUT2D eigenvalue weighted by Gasteiger charge is -2.06. The molecule has 0 aromatic heterocycles. The number of nitrogens with one attached hydrogen (secondary N) is 1. The molecule has 1 fully saturated rings. The van der Waals surface area contributed by atoms with E-state index in [1.165, 1.54) is 0 Å². The van der Waals surface area contributed by atoms with Gasteiger partial charge in [0.05, 0.1) is 0 Å². The molecule has 0 saturated heterocycles. The number of hydrogen-bond donors (Lipinski definition) is 1. The maximum atomic E-state index is 13.2. The van der Waals surface area contributed by atoms with E-state index in [2.05, 4.69) is 4.72 Å². The van der Waals surface area contributed by atoms with Crippen molar-refractivity contribution in [2.24, 2.45) is 0 Å². The molecule has 3 nitrogen and oxygen atoms in total. The van der Waals surface area contributed by atoms with Gasteiger partial charge in [0.1, 0.15) is 4.90 Å². The van der Waals surface area contributed by atoms with Gasteiger partial charge in [-0.05, 0) is 25.0 Å². The van der Waals surface area contributed by atoms with Crippen LogP contribution in [0.5, 0.6) is 0 Å². The topological polar surface area (TPSA) is 46.2 Å². The third kappa shape index (κ3) is 2.05. The van der Waals surface area contributed by atoms with Gasteiger partial charge in [-0.1, -0.05) is 0 Å². The Morgan fingerprint density at radius 3 is 2.31 bits per heavy atom. The molecular formula is C9H8F3NO2S. The molecule has 0 amide bonds. The highest BCUT2D eigenvalue weighted by Gasteiger charge is 2.31. The molecule has 0 aliphatic heterocycles. The van der Waals surface area contributed by atoms with E-state index in [0.717, 1.165) is 0 Å². The van der Waals surface area contributed by atoms with Gasteiger partial charge in [0.15, 0.2) is 17.5 Å². The zero-order valence-electron chi connectivity index (χ0n) is 8.00. The maximum Gasteiger partial charge on any atom is 0.243 e. The van der Waals surface area contributed by atoms with Crippen LogP contribution >= 0.6 is 0 Å². The molecule has 2 rings (SSSR count). The third-order valence-electron chi connectivity index (χ3n) is 2.19. The summed E-state index contributed by atoms with van der Waals surface area (Å²) in [6, 6.07) is 1.07. The molecule has 88 valence electrons. The Morgan fingerprint density at radius 2 is 1.75 bits per heavy atom. The van der Waals surface area contributed by atoms with Crippen LogP contribution in [0.15, 0.2) is 17.0 Å². The van der Waals surface area contributed by atoms with Crippen molar-refractivity contribution in [2.45, 2.75) is 23.8 Å². The Bertz CT molecular complexity index is 526. The van der Waals surface area contributed by atoms with E-state index in [4.69, 9.17) is 0 Å². The van der Waals surface area contributed by atoms with Crippen molar-refractivity contribution in [1.29, 1.82) is 0 Å². The minimum absolute atomic E-state index is 0.225. The zero-order chi connectivity index (χ0) is 11.9. The van der Waals surface area contributed by atoms with E-state index in [9.17, 15) is 21.6 Å². The Balaban J connectivity index is 2.43. The first-order valence-electron chi connectivity index (χ1n) is 4.57. The van der Waals surface area contributed by atoms with Gasteiger partial charge in [0.2, 0.25) is 10.0 Å². The van der Waals surface area contributed by atoms with E-state index in [-0.39, 0.29) is 6.04 Å². The van der Waals surface area contributed by atoms with Crippen molar-refractivity contribution in [1.82, 2.24) is 4.72 Å². The van der Waals surface area contributed by atoms with Crippen LogP contribution in [0.25, 0.3) is 0 Å². The minimum atomic E-state index is -4.10. The van der Waals surface area contributed by atoms with Gasteiger partial charge < -0.3 is 0 Å². The molecule has 1 saturated carbocycles. The number of benzene rings is 1. The highest BCUT2D eigenvalue weighted by Crippen LogP contribution is 2.24. The van der Waals surface area contributed by atoms with Crippen LogP contribution in [0, 0.1) is 17.5 Å². The highest BCUT2D eigenvalue weighted by molar-refractivity contribution is 7.89. The van der Waals surface area contributed by atoms with Gasteiger partial charge in [0.25, 0.3) is 0 Å². The number of hydrogen-bond acceptors (Lipinski definition) is 2. The second-order valence-corrected chi connectivity index (χ2v) is 5.25. The molecule has 16 heavy (non-hydrogen) atoms. The molecule has 1 aromatic rings. The molecule has 0 spiro atoms. The molecular weight excluding hydrogens is 243 g/mol. The summed E-state index contributed by atoms with van der Waals surface area (Å²) in [5, 5.41) is 0. The van der Waals surface area contributed by atoms with Crippen molar-refractivity contribution in [2.75, 3.05) is 0 Å². The van der Waals surface area contributed by atoms with E-state index in [1.54, 1.807) is 0 Å². The summed E-state index contributed by atoms with van der Waals surface area (Å²) < 4.78 is 63.9. The lowest BCUT2D eigenvalue weighted by atomic mass is 10.3. The Hall–Kier alpha value is -1.08. The number of rotatable bonds is 3. The van der Waals surface area contributed by atoms with Crippen molar-refractivity contribution in [3.05, 3.63) is 29.6 Å². The summed E-state index contributed by atoms with van der Waals surface area (Å²) in [4.78, 5) is -0.863. The third-order valence-corrected chi connectivity index (χ3v) is 3.73. The predicted molar refractivity (Wildman–Crippen MR) is 49.7 cm³/mol. The van der Waals surface area contributed by atoms with Crippen LogP contribution in [0.4, 0.5) is 13.2 Å². The maximum absolute atomic E-state index is 13.2. The SMILES string of the molecule is O=S(=O)(NC1CC1)c1ccc(F)c(F)c1F. The second kappa shape index (κ2) is 3.74. The van der Waals surface area contributed by atoms with Crippen molar-refractivity contribution in [3.8, 4) is 0 Å². The summed E-state index contributed by atoms with van der Waals surface area (Å²) in [7, 11) is -4.10. The van der Waals surface area contributed by atoms with Crippen molar-refractivity contribution >= 4 is 10.0 Å². The van der Waals surface area contributed by atoms with Gasteiger partial charge in [-0.3, -0.25) is 0 Å². The van der Waals surface area contributed by atoms with Gasteiger partial charge in [0, 0.05) is 6.04 Å². The molecule has 1 aromatic carbocycles. The normalized spacial score (nSPS) is 16.4. The summed E-state index contributed by atoms with van der Waals surface area (Å²) in [5.41, 5.74) is 0. The summed E-state index contributed by atoms with van der Waals surface area (Å²) in [5.74, 6) is -4.88. The summed E-state index contributed by atoms with van der Waals surface area (Å²) >= 11 is 0. The Labute approximate surface area is 90.3 Å². The Kier molecular flexibility index (Phi) is 2.67. The van der Waals surface area contributed by atoms with Crippen molar-refractivity contribution in [3.63, 3.8) is 0 Å². The van der Waals surface area contributed by atoms with E-state index < -0.39 is 32.4 Å². The summed E-state index contributed by atoms with van der Waals surface area (Å²) in [6.07, 6.45) is 1.34. The summed E-state index contributed by atoms with van der Waals surface area (Å²) in [6.45, 7) is 0. The quantitative estimate of drug-likeness (QED) is 0.828. The fraction of sp³-hybridized carbons (Fsp3) is 0.333. The number of sulfonamides is 1. The molecule has 1 aliphatic carbocycles. The fourth-order valence-corrected chi connectivity index (χ4v) is 2.57. The van der Waals surface area contributed by atoms with E-state index >= 15 is 0 Å². The standard InChI is InChI=1S/C9H8F3NO2S/c10-6-3-4-7(9(12)8(6)11)16(14,15)13-5-1-2-5/h3-5,13H,1-2H2. The molecule has 0 atom stereocenters. The van der Waals surface area contributed by atoms with Gasteiger partial charge >= 0.3 is 0 Å². The molecule has 0 radical (unpaired) electrons. The van der Waals surface area contributed by atoms with E-state index in [1.807, 2.05) is 0 Å². The smallest absolute Gasteiger partial charge is 0.208 e. The van der Waals surface area contributed by atoms with Gasteiger partial charge in [-0.15, -0.1) is 0 Å². The largest absolute Gasteiger partial charge is 0.243 e. The molecule has 0 unspecified atom stereocenters. The molecule has 7 heteroatoms. The van der Waals surface area contributed by atoms with Crippen LogP contribution in [0.2, 0.25) is 0 Å². The average molecular weight is 251 g/mol. The van der Waals surface area contributed by atoms with Crippen LogP contribution in [0.3, 0.4) is 0 Å². The molecule has 0 heterocycles. The lowest BCUT2D eigenvalue weighted by Crippen LogP contribution is -2.27. The zero-order valence-corrected chi connectivity index (χ0v) is 8.82. The first-order valence-corrected chi connectivity index (χ1v) is 6.06. The minimum Gasteiger partial charge on any atom is -0.208 e. The van der Waals surface area contributed by atoms with E-state index in [0.29, 0.717) is 25.0 Å². The van der Waals surface area contributed by atoms with Gasteiger partial charge in [-0.2, -0.15) is 0 Å². The average Bonchev–Trinajstić information content (AvgIpc) is 2.97. The highest BCUT2D eigenvalue weighted by atomic mass is 32.2. The molecule has 0 bridgehead atoms. The molecule has 1 aliphatic rings. The lowest BCUT2D eigenvalue weighted by molar-refractivity contribution is 0.431. The van der Waals surface area contributed by atoms with Crippen LogP contribution in [0.1, 0.15) is 12.8 Å². The monoisotopic (exact) mass is 251 g/mol. The number of halogens is 3.